The first-order chi connectivity index (χ1) is 9.61. The van der Waals surface area contributed by atoms with Gasteiger partial charge in [-0.25, -0.2) is 0 Å². The van der Waals surface area contributed by atoms with E-state index in [4.69, 9.17) is 9.84 Å². The molecule has 1 amide bonds. The van der Waals surface area contributed by atoms with Crippen LogP contribution in [-0.2, 0) is 14.3 Å². The molecule has 0 aromatic rings. The van der Waals surface area contributed by atoms with Crippen molar-refractivity contribution in [2.45, 2.75) is 51.6 Å². The summed E-state index contributed by atoms with van der Waals surface area (Å²) in [7, 11) is 0. The van der Waals surface area contributed by atoms with E-state index >= 15 is 0 Å². The van der Waals surface area contributed by atoms with E-state index < -0.39 is 5.97 Å². The molecule has 2 rings (SSSR count). The van der Waals surface area contributed by atoms with E-state index in [1.807, 2.05) is 4.90 Å². The fourth-order valence-corrected chi connectivity index (χ4v) is 3.25. The Kier molecular flexibility index (Phi) is 5.40. The summed E-state index contributed by atoms with van der Waals surface area (Å²) in [4.78, 5) is 25.3. The van der Waals surface area contributed by atoms with Gasteiger partial charge in [-0.1, -0.05) is 6.92 Å². The maximum atomic E-state index is 12.5. The molecule has 2 aliphatic rings. The van der Waals surface area contributed by atoms with Crippen molar-refractivity contribution in [2.75, 3.05) is 19.7 Å². The number of carbonyl (C=O) groups is 2. The van der Waals surface area contributed by atoms with Crippen LogP contribution >= 0.6 is 0 Å². The summed E-state index contributed by atoms with van der Waals surface area (Å²) >= 11 is 0. The summed E-state index contributed by atoms with van der Waals surface area (Å²) in [5.74, 6) is -1.05. The Hall–Kier alpha value is -1.10. The molecule has 1 heterocycles. The van der Waals surface area contributed by atoms with E-state index in [1.165, 1.54) is 0 Å². The molecule has 0 aromatic heterocycles. The van der Waals surface area contributed by atoms with Gasteiger partial charge in [-0.15, -0.1) is 0 Å². The minimum Gasteiger partial charge on any atom is -0.481 e. The second-order valence-corrected chi connectivity index (χ2v) is 5.96. The molecule has 0 radical (unpaired) electrons. The zero-order valence-corrected chi connectivity index (χ0v) is 12.2. The predicted molar refractivity (Wildman–Crippen MR) is 74.3 cm³/mol. The van der Waals surface area contributed by atoms with E-state index in [0.29, 0.717) is 25.8 Å². The third-order valence-electron chi connectivity index (χ3n) is 4.38. The van der Waals surface area contributed by atoms with Gasteiger partial charge in [0.2, 0.25) is 5.91 Å². The van der Waals surface area contributed by atoms with E-state index in [-0.39, 0.29) is 23.8 Å². The number of carbonyl (C=O) groups excluding carboxylic acids is 1. The average Bonchev–Trinajstić information content (AvgIpc) is 2.94. The standard InChI is InChI=1S/C15H25NO4/c1-2-8-20-13-4-3-7-16(10-13)14(17)11-5-6-12(9-11)15(18)19/h11-13H,2-10H2,1H3,(H,18,19). The number of likely N-dealkylation sites (tertiary alicyclic amines) is 1. The van der Waals surface area contributed by atoms with E-state index in [0.717, 1.165) is 32.4 Å². The van der Waals surface area contributed by atoms with Crippen molar-refractivity contribution < 1.29 is 19.4 Å². The normalized spacial score (nSPS) is 30.4. The minimum absolute atomic E-state index is 0.0963. The molecule has 0 spiro atoms. The van der Waals surface area contributed by atoms with Gasteiger partial charge in [0.1, 0.15) is 0 Å². The lowest BCUT2D eigenvalue weighted by molar-refractivity contribution is -0.142. The highest BCUT2D eigenvalue weighted by Crippen LogP contribution is 2.33. The fraction of sp³-hybridized carbons (Fsp3) is 0.867. The van der Waals surface area contributed by atoms with Crippen molar-refractivity contribution in [3.63, 3.8) is 0 Å². The molecular weight excluding hydrogens is 258 g/mol. The number of carboxylic acid groups (broad SMARTS) is 1. The Labute approximate surface area is 120 Å². The van der Waals surface area contributed by atoms with Crippen LogP contribution < -0.4 is 0 Å². The van der Waals surface area contributed by atoms with Gasteiger partial charge in [0, 0.05) is 25.6 Å². The topological polar surface area (TPSA) is 66.8 Å². The van der Waals surface area contributed by atoms with Crippen LogP contribution in [-0.4, -0.2) is 47.7 Å². The molecule has 20 heavy (non-hydrogen) atoms. The molecule has 3 unspecified atom stereocenters. The molecule has 5 nitrogen and oxygen atoms in total. The predicted octanol–water partition coefficient (Wildman–Crippen LogP) is 1.90. The third-order valence-corrected chi connectivity index (χ3v) is 4.38. The van der Waals surface area contributed by atoms with Crippen molar-refractivity contribution in [3.8, 4) is 0 Å². The van der Waals surface area contributed by atoms with Crippen molar-refractivity contribution >= 4 is 11.9 Å². The van der Waals surface area contributed by atoms with Gasteiger partial charge in [-0.05, 0) is 38.5 Å². The monoisotopic (exact) mass is 283 g/mol. The second kappa shape index (κ2) is 7.07. The number of hydrogen-bond acceptors (Lipinski definition) is 3. The largest absolute Gasteiger partial charge is 0.481 e. The molecule has 3 atom stereocenters. The smallest absolute Gasteiger partial charge is 0.306 e. The van der Waals surface area contributed by atoms with Crippen molar-refractivity contribution in [2.24, 2.45) is 11.8 Å². The number of piperidine rings is 1. The number of carboxylic acids is 1. The van der Waals surface area contributed by atoms with E-state index in [1.54, 1.807) is 0 Å². The van der Waals surface area contributed by atoms with Gasteiger partial charge >= 0.3 is 5.97 Å². The van der Waals surface area contributed by atoms with Gasteiger partial charge in [0.15, 0.2) is 0 Å². The van der Waals surface area contributed by atoms with Gasteiger partial charge in [0.05, 0.1) is 12.0 Å². The molecule has 1 N–H and O–H groups in total. The fourth-order valence-electron chi connectivity index (χ4n) is 3.25. The van der Waals surface area contributed by atoms with Crippen molar-refractivity contribution in [1.82, 2.24) is 4.90 Å². The van der Waals surface area contributed by atoms with E-state index in [9.17, 15) is 9.59 Å². The SMILES string of the molecule is CCCOC1CCCN(C(=O)C2CCC(C(=O)O)C2)C1. The second-order valence-electron chi connectivity index (χ2n) is 5.96. The summed E-state index contributed by atoms with van der Waals surface area (Å²) in [5.41, 5.74) is 0. The molecule has 1 aliphatic carbocycles. The Balaban J connectivity index is 1.84. The number of rotatable bonds is 5. The first-order valence-corrected chi connectivity index (χ1v) is 7.75. The lowest BCUT2D eigenvalue weighted by Crippen LogP contribution is -2.45. The number of amides is 1. The van der Waals surface area contributed by atoms with E-state index in [2.05, 4.69) is 6.92 Å². The first kappa shape index (κ1) is 15.3. The molecule has 1 aliphatic heterocycles. The Morgan fingerprint density at radius 2 is 2.00 bits per heavy atom. The van der Waals surface area contributed by atoms with Crippen molar-refractivity contribution in [1.29, 1.82) is 0 Å². The zero-order chi connectivity index (χ0) is 14.5. The van der Waals surface area contributed by atoms with Gasteiger partial charge in [-0.3, -0.25) is 9.59 Å². The molecule has 114 valence electrons. The number of hydrogen-bond donors (Lipinski definition) is 1. The maximum absolute atomic E-state index is 12.5. The highest BCUT2D eigenvalue weighted by molar-refractivity contribution is 5.81. The van der Waals surface area contributed by atoms with Crippen LogP contribution in [0.15, 0.2) is 0 Å². The average molecular weight is 283 g/mol. The Morgan fingerprint density at radius 3 is 2.65 bits per heavy atom. The summed E-state index contributed by atoms with van der Waals surface area (Å²) in [5, 5.41) is 9.02. The summed E-state index contributed by atoms with van der Waals surface area (Å²) in [6, 6.07) is 0. The van der Waals surface area contributed by atoms with Crippen LogP contribution in [0.4, 0.5) is 0 Å². The number of nitrogens with zero attached hydrogens (tertiary/aromatic N) is 1. The first-order valence-electron chi connectivity index (χ1n) is 7.75. The lowest BCUT2D eigenvalue weighted by Gasteiger charge is -2.34. The molecule has 0 aromatic carbocycles. The van der Waals surface area contributed by atoms with Crippen LogP contribution in [0.2, 0.25) is 0 Å². The summed E-state index contributed by atoms with van der Waals surface area (Å²) < 4.78 is 5.75. The van der Waals surface area contributed by atoms with Crippen LogP contribution in [0.3, 0.4) is 0 Å². The molecule has 0 bridgehead atoms. The van der Waals surface area contributed by atoms with Crippen LogP contribution in [0.5, 0.6) is 0 Å². The highest BCUT2D eigenvalue weighted by atomic mass is 16.5. The molecule has 2 fully saturated rings. The Morgan fingerprint density at radius 1 is 1.25 bits per heavy atom. The lowest BCUT2D eigenvalue weighted by atomic mass is 10.0. The number of aliphatic carboxylic acids is 1. The van der Waals surface area contributed by atoms with Gasteiger partial charge in [0.25, 0.3) is 0 Å². The third kappa shape index (κ3) is 3.72. The Bertz CT molecular complexity index is 358. The molecule has 1 saturated heterocycles. The van der Waals surface area contributed by atoms with Gasteiger partial charge < -0.3 is 14.7 Å². The molecule has 1 saturated carbocycles. The van der Waals surface area contributed by atoms with Crippen LogP contribution in [0, 0.1) is 11.8 Å². The number of ether oxygens (including phenoxy) is 1. The molecule has 5 heteroatoms. The molecular formula is C15H25NO4. The quantitative estimate of drug-likeness (QED) is 0.837. The maximum Gasteiger partial charge on any atom is 0.306 e. The zero-order valence-electron chi connectivity index (χ0n) is 12.2. The van der Waals surface area contributed by atoms with Gasteiger partial charge in [-0.2, -0.15) is 0 Å². The summed E-state index contributed by atoms with van der Waals surface area (Å²) in [6.45, 7) is 4.29. The minimum atomic E-state index is -0.761. The summed E-state index contributed by atoms with van der Waals surface area (Å²) in [6.07, 6.45) is 5.01. The van der Waals surface area contributed by atoms with Crippen LogP contribution in [0.25, 0.3) is 0 Å². The van der Waals surface area contributed by atoms with Crippen LogP contribution in [0.1, 0.15) is 45.4 Å². The van der Waals surface area contributed by atoms with Crippen molar-refractivity contribution in [3.05, 3.63) is 0 Å². The highest BCUT2D eigenvalue weighted by Gasteiger charge is 2.37.